The summed E-state index contributed by atoms with van der Waals surface area (Å²) in [6, 6.07) is 11.8. The Morgan fingerprint density at radius 3 is 2.71 bits per heavy atom. The van der Waals surface area contributed by atoms with E-state index in [-0.39, 0.29) is 31.4 Å². The largest absolute Gasteiger partial charge is 0.492 e. The molecule has 0 saturated carbocycles. The molecule has 148 valence electrons. The maximum atomic E-state index is 12.5. The molecule has 8 heteroatoms. The van der Waals surface area contributed by atoms with Crippen LogP contribution in [0, 0.1) is 0 Å². The van der Waals surface area contributed by atoms with Gasteiger partial charge in [0, 0.05) is 12.1 Å². The van der Waals surface area contributed by atoms with Crippen LogP contribution < -0.4 is 30.2 Å². The summed E-state index contributed by atoms with van der Waals surface area (Å²) in [5, 5.41) is 8.20. The van der Waals surface area contributed by atoms with Gasteiger partial charge >= 0.3 is 6.03 Å². The van der Waals surface area contributed by atoms with Gasteiger partial charge in [0.25, 0.3) is 5.91 Å². The van der Waals surface area contributed by atoms with Gasteiger partial charge in [0.2, 0.25) is 6.79 Å². The molecule has 0 aliphatic carbocycles. The third-order valence-corrected chi connectivity index (χ3v) is 3.84. The van der Waals surface area contributed by atoms with Crippen molar-refractivity contribution in [2.45, 2.75) is 19.9 Å². The van der Waals surface area contributed by atoms with Gasteiger partial charge in [-0.2, -0.15) is 0 Å². The van der Waals surface area contributed by atoms with Crippen LogP contribution in [0.4, 0.5) is 10.5 Å². The summed E-state index contributed by atoms with van der Waals surface area (Å²) in [4.78, 5) is 24.4. The van der Waals surface area contributed by atoms with Crippen LogP contribution in [0.3, 0.4) is 0 Å². The monoisotopic (exact) mass is 385 g/mol. The van der Waals surface area contributed by atoms with E-state index >= 15 is 0 Å². The number of hydrogen-bond acceptors (Lipinski definition) is 5. The highest BCUT2D eigenvalue weighted by atomic mass is 16.7. The van der Waals surface area contributed by atoms with Crippen LogP contribution >= 0.6 is 0 Å². The van der Waals surface area contributed by atoms with Crippen molar-refractivity contribution in [3.63, 3.8) is 0 Å². The average molecular weight is 385 g/mol. The normalized spacial score (nSPS) is 11.8. The summed E-state index contributed by atoms with van der Waals surface area (Å²) in [6.07, 6.45) is 0. The van der Waals surface area contributed by atoms with E-state index in [4.69, 9.17) is 14.2 Å². The Kier molecular flexibility index (Phi) is 6.21. The molecular formula is C20H23N3O5. The number of anilines is 1. The van der Waals surface area contributed by atoms with Crippen LogP contribution in [0.2, 0.25) is 0 Å². The number of nitrogens with one attached hydrogen (secondary N) is 3. The standard InChI is InChI=1S/C20H23N3O5/c1-13(2)22-20(25)23-16-6-4-3-5-15(16)19(24)21-9-10-26-14-7-8-17-18(11-14)28-12-27-17/h3-8,11,13H,9-10,12H2,1-2H3,(H,21,24)(H2,22,23,25). The van der Waals surface area contributed by atoms with Crippen molar-refractivity contribution in [2.24, 2.45) is 0 Å². The van der Waals surface area contributed by atoms with E-state index in [1.54, 1.807) is 42.5 Å². The minimum Gasteiger partial charge on any atom is -0.492 e. The maximum absolute atomic E-state index is 12.5. The molecule has 0 atom stereocenters. The van der Waals surface area contributed by atoms with Crippen LogP contribution in [0.1, 0.15) is 24.2 Å². The molecule has 0 saturated heterocycles. The Morgan fingerprint density at radius 1 is 1.11 bits per heavy atom. The van der Waals surface area contributed by atoms with Crippen molar-refractivity contribution in [3.8, 4) is 17.2 Å². The first-order valence-corrected chi connectivity index (χ1v) is 9.00. The topological polar surface area (TPSA) is 97.9 Å². The molecule has 0 unspecified atom stereocenters. The number of hydrogen-bond donors (Lipinski definition) is 3. The van der Waals surface area contributed by atoms with Gasteiger partial charge < -0.3 is 30.2 Å². The summed E-state index contributed by atoms with van der Waals surface area (Å²) < 4.78 is 16.2. The summed E-state index contributed by atoms with van der Waals surface area (Å²) in [5.41, 5.74) is 0.819. The van der Waals surface area contributed by atoms with E-state index in [0.717, 1.165) is 0 Å². The number of ether oxygens (including phenoxy) is 3. The molecule has 3 N–H and O–H groups in total. The Morgan fingerprint density at radius 2 is 1.89 bits per heavy atom. The van der Waals surface area contributed by atoms with E-state index in [1.165, 1.54) is 0 Å². The van der Waals surface area contributed by atoms with Crippen molar-refractivity contribution < 1.29 is 23.8 Å². The average Bonchev–Trinajstić information content (AvgIpc) is 3.12. The van der Waals surface area contributed by atoms with Crippen LogP contribution in [0.15, 0.2) is 42.5 Å². The molecule has 0 radical (unpaired) electrons. The van der Waals surface area contributed by atoms with Crippen LogP contribution in [0.5, 0.6) is 17.2 Å². The number of rotatable bonds is 7. The quantitative estimate of drug-likeness (QED) is 0.637. The van der Waals surface area contributed by atoms with Crippen molar-refractivity contribution in [1.82, 2.24) is 10.6 Å². The molecular weight excluding hydrogens is 362 g/mol. The van der Waals surface area contributed by atoms with Crippen molar-refractivity contribution in [1.29, 1.82) is 0 Å². The molecule has 8 nitrogen and oxygen atoms in total. The molecule has 1 aliphatic rings. The zero-order valence-electron chi connectivity index (χ0n) is 15.8. The predicted molar refractivity (Wildman–Crippen MR) is 104 cm³/mol. The number of amides is 3. The summed E-state index contributed by atoms with van der Waals surface area (Å²) in [6.45, 7) is 4.52. The fraction of sp³-hybridized carbons (Fsp3) is 0.300. The number of para-hydroxylation sites is 1. The summed E-state index contributed by atoms with van der Waals surface area (Å²) in [5.74, 6) is 1.66. The van der Waals surface area contributed by atoms with Gasteiger partial charge in [0.15, 0.2) is 11.5 Å². The Hall–Kier alpha value is -3.42. The van der Waals surface area contributed by atoms with Crippen molar-refractivity contribution in [2.75, 3.05) is 25.3 Å². The first kappa shape index (κ1) is 19.3. The van der Waals surface area contributed by atoms with Crippen molar-refractivity contribution in [3.05, 3.63) is 48.0 Å². The predicted octanol–water partition coefficient (Wildman–Crippen LogP) is 2.75. The second-order valence-corrected chi connectivity index (χ2v) is 6.42. The molecule has 0 fully saturated rings. The van der Waals surface area contributed by atoms with Crippen LogP contribution in [0.25, 0.3) is 0 Å². The molecule has 2 aromatic rings. The third-order valence-electron chi connectivity index (χ3n) is 3.84. The number of carbonyl (C=O) groups excluding carboxylic acids is 2. The smallest absolute Gasteiger partial charge is 0.319 e. The molecule has 1 aliphatic heterocycles. The van der Waals surface area contributed by atoms with Gasteiger partial charge in [-0.1, -0.05) is 12.1 Å². The van der Waals surface area contributed by atoms with Gasteiger partial charge in [0.1, 0.15) is 12.4 Å². The number of benzene rings is 2. The van der Waals surface area contributed by atoms with Crippen LogP contribution in [-0.4, -0.2) is 37.9 Å². The minimum absolute atomic E-state index is 0.00526. The SMILES string of the molecule is CC(C)NC(=O)Nc1ccccc1C(=O)NCCOc1ccc2c(c1)OCO2. The van der Waals surface area contributed by atoms with Gasteiger partial charge in [-0.3, -0.25) is 4.79 Å². The lowest BCUT2D eigenvalue weighted by atomic mass is 10.1. The molecule has 2 aromatic carbocycles. The second-order valence-electron chi connectivity index (χ2n) is 6.42. The van der Waals surface area contributed by atoms with Gasteiger partial charge in [-0.05, 0) is 38.1 Å². The van der Waals surface area contributed by atoms with Crippen molar-refractivity contribution >= 4 is 17.6 Å². The fourth-order valence-electron chi connectivity index (χ4n) is 2.61. The number of carbonyl (C=O) groups is 2. The fourth-order valence-corrected chi connectivity index (χ4v) is 2.61. The van der Waals surface area contributed by atoms with E-state index in [0.29, 0.717) is 35.0 Å². The van der Waals surface area contributed by atoms with Gasteiger partial charge in [0.05, 0.1) is 17.8 Å². The third kappa shape index (κ3) is 5.06. The van der Waals surface area contributed by atoms with Crippen LogP contribution in [-0.2, 0) is 0 Å². The summed E-state index contributed by atoms with van der Waals surface area (Å²) >= 11 is 0. The molecule has 1 heterocycles. The van der Waals surface area contributed by atoms with E-state index in [9.17, 15) is 9.59 Å². The molecule has 0 bridgehead atoms. The van der Waals surface area contributed by atoms with E-state index < -0.39 is 0 Å². The highest BCUT2D eigenvalue weighted by Crippen LogP contribution is 2.34. The molecule has 0 aromatic heterocycles. The highest BCUT2D eigenvalue weighted by molar-refractivity contribution is 6.03. The molecule has 3 amide bonds. The second kappa shape index (κ2) is 8.98. The number of urea groups is 1. The van der Waals surface area contributed by atoms with Gasteiger partial charge in [-0.15, -0.1) is 0 Å². The maximum Gasteiger partial charge on any atom is 0.319 e. The first-order chi connectivity index (χ1) is 13.5. The van der Waals surface area contributed by atoms with Gasteiger partial charge in [-0.25, -0.2) is 4.79 Å². The summed E-state index contributed by atoms with van der Waals surface area (Å²) in [7, 11) is 0. The first-order valence-electron chi connectivity index (χ1n) is 9.00. The molecule has 3 rings (SSSR count). The highest BCUT2D eigenvalue weighted by Gasteiger charge is 2.15. The molecule has 28 heavy (non-hydrogen) atoms. The Bertz CT molecular complexity index is 853. The lowest BCUT2D eigenvalue weighted by Gasteiger charge is -2.14. The van der Waals surface area contributed by atoms with E-state index in [2.05, 4.69) is 16.0 Å². The lowest BCUT2D eigenvalue weighted by molar-refractivity contribution is 0.0948. The minimum atomic E-state index is -0.360. The number of fused-ring (bicyclic) bond motifs is 1. The lowest BCUT2D eigenvalue weighted by Crippen LogP contribution is -2.35. The molecule has 0 spiro atoms. The van der Waals surface area contributed by atoms with E-state index in [1.807, 2.05) is 13.8 Å². The zero-order chi connectivity index (χ0) is 19.9. The Balaban J connectivity index is 1.50. The zero-order valence-corrected chi connectivity index (χ0v) is 15.8. The Labute approximate surface area is 163 Å².